The molecule has 0 aliphatic carbocycles. The van der Waals surface area contributed by atoms with Crippen LogP contribution < -0.4 is 5.32 Å². The van der Waals surface area contributed by atoms with Gasteiger partial charge in [-0.2, -0.15) is 0 Å². The monoisotopic (exact) mass is 491 g/mol. The smallest absolute Gasteiger partial charge is 0.333 e. The number of nitrogens with one attached hydrogen (secondary N) is 1. The summed E-state index contributed by atoms with van der Waals surface area (Å²) in [7, 11) is 1.75. The summed E-state index contributed by atoms with van der Waals surface area (Å²) in [6, 6.07) is 18.5. The number of rotatable bonds is 7. The molecule has 8 nitrogen and oxygen atoms in total. The normalized spacial score (nSPS) is 22.3. The summed E-state index contributed by atoms with van der Waals surface area (Å²) in [6.07, 6.45) is 1.14. The maximum Gasteiger partial charge on any atom is 0.334 e. The highest BCUT2D eigenvalue weighted by Gasteiger charge is 2.52. The number of likely N-dealkylation sites (N-methyl/N-ethyl adjacent to an activating group) is 1. The van der Waals surface area contributed by atoms with Gasteiger partial charge in [0.15, 0.2) is 0 Å². The van der Waals surface area contributed by atoms with E-state index in [0.29, 0.717) is 6.54 Å². The molecule has 0 spiro atoms. The minimum atomic E-state index is -0.611. The van der Waals surface area contributed by atoms with E-state index in [4.69, 9.17) is 0 Å². The fourth-order valence-electron chi connectivity index (χ4n) is 5.46. The van der Waals surface area contributed by atoms with Crippen molar-refractivity contribution < 1.29 is 14.4 Å². The average Bonchev–Trinajstić information content (AvgIpc) is 2.88. The van der Waals surface area contributed by atoms with Gasteiger partial charge < -0.3 is 15.1 Å². The molecule has 0 saturated carbocycles. The molecule has 0 aromatic heterocycles. The van der Waals surface area contributed by atoms with Crippen molar-refractivity contribution in [3.63, 3.8) is 0 Å². The highest BCUT2D eigenvalue weighted by Crippen LogP contribution is 2.34. The van der Waals surface area contributed by atoms with Crippen molar-refractivity contribution in [1.29, 1.82) is 0 Å². The Morgan fingerprint density at radius 3 is 2.31 bits per heavy atom. The maximum absolute atomic E-state index is 13.9. The van der Waals surface area contributed by atoms with E-state index >= 15 is 0 Å². The number of carbonyl (C=O) groups is 3. The fraction of sp³-hybridized carbons (Fsp3) is 0.464. The maximum atomic E-state index is 13.9. The molecule has 0 radical (unpaired) electrons. The lowest BCUT2D eigenvalue weighted by Crippen LogP contribution is -2.76. The summed E-state index contributed by atoms with van der Waals surface area (Å²) in [5.74, 6) is -0.202. The molecule has 2 aliphatic rings. The van der Waals surface area contributed by atoms with Gasteiger partial charge in [-0.05, 0) is 30.4 Å². The van der Waals surface area contributed by atoms with Crippen LogP contribution in [0, 0.1) is 5.92 Å². The second kappa shape index (κ2) is 11.1. The first-order chi connectivity index (χ1) is 17.3. The number of fused-ring (bicyclic) bond motifs is 1. The summed E-state index contributed by atoms with van der Waals surface area (Å²) in [5, 5.41) is 6.30. The number of hydrogen-bond acceptors (Lipinski definition) is 4. The van der Waals surface area contributed by atoms with Gasteiger partial charge in [-0.15, -0.1) is 0 Å². The zero-order chi connectivity index (χ0) is 25.8. The van der Waals surface area contributed by atoms with Gasteiger partial charge in [-0.1, -0.05) is 80.9 Å². The summed E-state index contributed by atoms with van der Waals surface area (Å²) >= 11 is 0. The van der Waals surface area contributed by atoms with Gasteiger partial charge >= 0.3 is 6.03 Å². The van der Waals surface area contributed by atoms with Gasteiger partial charge in [-0.25, -0.2) is 14.8 Å². The molecule has 2 fully saturated rings. The highest BCUT2D eigenvalue weighted by atomic mass is 16.2. The lowest BCUT2D eigenvalue weighted by Gasteiger charge is -2.56. The van der Waals surface area contributed by atoms with E-state index in [1.54, 1.807) is 22.0 Å². The molecule has 2 aromatic carbocycles. The number of carbonyl (C=O) groups excluding carboxylic acids is 3. The zero-order valence-corrected chi connectivity index (χ0v) is 21.6. The second-order valence-electron chi connectivity index (χ2n) is 9.87. The molecule has 2 aliphatic heterocycles. The third kappa shape index (κ3) is 5.09. The first kappa shape index (κ1) is 25.7. The van der Waals surface area contributed by atoms with Gasteiger partial charge in [0, 0.05) is 13.6 Å². The van der Waals surface area contributed by atoms with Crippen LogP contribution in [0.3, 0.4) is 0 Å². The number of nitrogens with zero attached hydrogens (tertiary/aromatic N) is 4. The second-order valence-corrected chi connectivity index (χ2v) is 9.87. The van der Waals surface area contributed by atoms with Crippen LogP contribution >= 0.6 is 0 Å². The standard InChI is InChI=1S/C28H37N5O3/c1-5-12-20(2)26-27(35)31(21(3)23-15-10-7-11-16-23)18-24-32(26)25(34)19-30(4)33(24)28(36)29-17-22-13-8-6-9-14-22/h6-11,13-16,20-21,24,26H,5,12,17-19H2,1-4H3,(H,29,36)/t20?,21?,24-,26-/m0/s1. The van der Waals surface area contributed by atoms with Crippen LogP contribution in [0.2, 0.25) is 0 Å². The lowest BCUT2D eigenvalue weighted by molar-refractivity contribution is -0.192. The van der Waals surface area contributed by atoms with Crippen molar-refractivity contribution >= 4 is 17.8 Å². The zero-order valence-electron chi connectivity index (χ0n) is 21.6. The lowest BCUT2D eigenvalue weighted by atomic mass is 9.90. The molecule has 2 heterocycles. The first-order valence-electron chi connectivity index (χ1n) is 12.8. The molecule has 4 amide bonds. The van der Waals surface area contributed by atoms with Crippen LogP contribution in [0.1, 0.15) is 50.8 Å². The van der Waals surface area contributed by atoms with Crippen molar-refractivity contribution in [1.82, 2.24) is 25.1 Å². The van der Waals surface area contributed by atoms with E-state index in [0.717, 1.165) is 24.0 Å². The average molecular weight is 492 g/mol. The third-order valence-electron chi connectivity index (χ3n) is 7.35. The summed E-state index contributed by atoms with van der Waals surface area (Å²) in [4.78, 5) is 44.3. The van der Waals surface area contributed by atoms with E-state index in [1.165, 1.54) is 0 Å². The Labute approximate surface area is 213 Å². The van der Waals surface area contributed by atoms with Crippen LogP contribution in [0.5, 0.6) is 0 Å². The SMILES string of the molecule is CCCC(C)[C@H]1C(=O)N(C(C)c2ccccc2)C[C@H]2N1C(=O)CN(C)N2C(=O)NCc1ccccc1. The van der Waals surface area contributed by atoms with Crippen LogP contribution in [-0.4, -0.2) is 70.0 Å². The van der Waals surface area contributed by atoms with Crippen LogP contribution in [0.25, 0.3) is 0 Å². The van der Waals surface area contributed by atoms with Crippen LogP contribution in [-0.2, 0) is 16.1 Å². The predicted molar refractivity (Wildman–Crippen MR) is 138 cm³/mol. The number of piperazine rings is 1. The summed E-state index contributed by atoms with van der Waals surface area (Å²) < 4.78 is 0. The van der Waals surface area contributed by atoms with E-state index in [2.05, 4.69) is 12.2 Å². The minimum absolute atomic E-state index is 0.0302. The Morgan fingerprint density at radius 1 is 1.03 bits per heavy atom. The molecule has 36 heavy (non-hydrogen) atoms. The molecular weight excluding hydrogens is 454 g/mol. The van der Waals surface area contributed by atoms with Crippen molar-refractivity contribution in [3.05, 3.63) is 71.8 Å². The van der Waals surface area contributed by atoms with Crippen LogP contribution in [0.15, 0.2) is 60.7 Å². The van der Waals surface area contributed by atoms with Crippen molar-refractivity contribution in [3.8, 4) is 0 Å². The predicted octanol–water partition coefficient (Wildman–Crippen LogP) is 3.62. The Balaban J connectivity index is 1.66. The molecular formula is C28H37N5O3. The molecule has 8 heteroatoms. The molecule has 1 N–H and O–H groups in total. The molecule has 2 saturated heterocycles. The Kier molecular flexibility index (Phi) is 7.94. The van der Waals surface area contributed by atoms with Crippen LogP contribution in [0.4, 0.5) is 4.79 Å². The Hall–Kier alpha value is -3.39. The third-order valence-corrected chi connectivity index (χ3v) is 7.35. The molecule has 0 bridgehead atoms. The summed E-state index contributed by atoms with van der Waals surface area (Å²) in [6.45, 7) is 6.80. The van der Waals surface area contributed by atoms with Gasteiger partial charge in [0.25, 0.3) is 0 Å². The highest BCUT2D eigenvalue weighted by molar-refractivity contribution is 5.92. The Bertz CT molecular complexity index is 1060. The van der Waals surface area contributed by atoms with Gasteiger partial charge in [0.2, 0.25) is 11.8 Å². The van der Waals surface area contributed by atoms with E-state index in [1.807, 2.05) is 79.4 Å². The van der Waals surface area contributed by atoms with Gasteiger partial charge in [0.05, 0.1) is 19.1 Å². The van der Waals surface area contributed by atoms with Crippen molar-refractivity contribution in [2.75, 3.05) is 20.1 Å². The fourth-order valence-corrected chi connectivity index (χ4v) is 5.46. The molecule has 4 atom stereocenters. The van der Waals surface area contributed by atoms with Crippen molar-refractivity contribution in [2.45, 2.75) is 58.4 Å². The van der Waals surface area contributed by atoms with Gasteiger partial charge in [-0.3, -0.25) is 9.59 Å². The molecule has 2 unspecified atom stereocenters. The topological polar surface area (TPSA) is 76.2 Å². The van der Waals surface area contributed by atoms with Gasteiger partial charge in [0.1, 0.15) is 12.2 Å². The molecule has 4 rings (SSSR count). The number of amides is 4. The summed E-state index contributed by atoms with van der Waals surface area (Å²) in [5.41, 5.74) is 2.02. The first-order valence-corrected chi connectivity index (χ1v) is 12.8. The largest absolute Gasteiger partial charge is 0.334 e. The number of hydrazine groups is 1. The minimum Gasteiger partial charge on any atom is -0.333 e. The van der Waals surface area contributed by atoms with E-state index in [-0.39, 0.29) is 42.9 Å². The molecule has 2 aromatic rings. The Morgan fingerprint density at radius 2 is 1.67 bits per heavy atom. The van der Waals surface area contributed by atoms with E-state index in [9.17, 15) is 14.4 Å². The van der Waals surface area contributed by atoms with Crippen molar-refractivity contribution in [2.24, 2.45) is 5.92 Å². The number of urea groups is 1. The van der Waals surface area contributed by atoms with E-state index < -0.39 is 12.2 Å². The quantitative estimate of drug-likeness (QED) is 0.642. The number of benzene rings is 2. The molecule has 192 valence electrons. The number of hydrogen-bond donors (Lipinski definition) is 1.